The van der Waals surface area contributed by atoms with E-state index in [2.05, 4.69) is 20.9 Å². The third kappa shape index (κ3) is 3.54. The number of benzene rings is 1. The molecule has 0 aliphatic heterocycles. The first-order valence-corrected chi connectivity index (χ1v) is 6.00. The van der Waals surface area contributed by atoms with Crippen molar-refractivity contribution in [1.29, 1.82) is 0 Å². The molecule has 0 saturated carbocycles. The molecule has 1 aromatic carbocycles. The van der Waals surface area contributed by atoms with Crippen molar-refractivity contribution in [1.82, 2.24) is 4.98 Å². The number of ether oxygens (including phenoxy) is 1. The number of halogens is 1. The minimum Gasteiger partial charge on any atom is -0.487 e. The van der Waals surface area contributed by atoms with Gasteiger partial charge in [-0.05, 0) is 45.8 Å². The van der Waals surface area contributed by atoms with Crippen molar-refractivity contribution in [2.24, 2.45) is 0 Å². The number of aromatic nitrogens is 1. The maximum atomic E-state index is 8.91. The van der Waals surface area contributed by atoms with Gasteiger partial charge in [-0.2, -0.15) is 0 Å². The molecule has 0 bridgehead atoms. The highest BCUT2D eigenvalue weighted by Crippen LogP contribution is 2.14. The van der Waals surface area contributed by atoms with Gasteiger partial charge >= 0.3 is 0 Å². The van der Waals surface area contributed by atoms with Gasteiger partial charge in [-0.3, -0.25) is 4.98 Å². The van der Waals surface area contributed by atoms with E-state index in [1.807, 2.05) is 36.4 Å². The molecule has 0 spiro atoms. The summed E-state index contributed by atoms with van der Waals surface area (Å²) in [4.78, 5) is 4.22. The molecule has 1 aromatic heterocycles. The molecular formula is C13H12BrNO2. The molecule has 0 fully saturated rings. The minimum atomic E-state index is 0.0501. The number of hydrogen-bond donors (Lipinski definition) is 1. The molecule has 0 saturated heterocycles. The molecule has 0 unspecified atom stereocenters. The van der Waals surface area contributed by atoms with Crippen LogP contribution in [-0.2, 0) is 13.2 Å². The van der Waals surface area contributed by atoms with E-state index in [0.717, 1.165) is 21.5 Å². The molecule has 0 atom stereocenters. The number of nitrogens with zero attached hydrogens (tertiary/aromatic N) is 1. The predicted octanol–water partition coefficient (Wildman–Crippen LogP) is 2.92. The summed E-state index contributed by atoms with van der Waals surface area (Å²) in [5, 5.41) is 8.91. The second kappa shape index (κ2) is 5.80. The average Bonchev–Trinajstić information content (AvgIpc) is 2.39. The summed E-state index contributed by atoms with van der Waals surface area (Å²) in [5.74, 6) is 0.770. The van der Waals surface area contributed by atoms with E-state index in [9.17, 15) is 0 Å². The van der Waals surface area contributed by atoms with Gasteiger partial charge < -0.3 is 9.84 Å². The molecule has 0 radical (unpaired) electrons. The van der Waals surface area contributed by atoms with Crippen LogP contribution < -0.4 is 4.74 Å². The van der Waals surface area contributed by atoms with Crippen LogP contribution in [0.4, 0.5) is 0 Å². The molecule has 1 heterocycles. The fraction of sp³-hybridized carbons (Fsp3) is 0.154. The van der Waals surface area contributed by atoms with Crippen LogP contribution in [0.2, 0.25) is 0 Å². The Balaban J connectivity index is 1.95. The Morgan fingerprint density at radius 2 is 1.88 bits per heavy atom. The smallest absolute Gasteiger partial charge is 0.130 e. The second-order valence-corrected chi connectivity index (χ2v) is 4.47. The van der Waals surface area contributed by atoms with Crippen LogP contribution in [0.5, 0.6) is 5.75 Å². The minimum absolute atomic E-state index is 0.0501. The van der Waals surface area contributed by atoms with E-state index in [-0.39, 0.29) is 6.61 Å². The first kappa shape index (κ1) is 12.1. The molecule has 4 heteroatoms. The Hall–Kier alpha value is -1.39. The largest absolute Gasteiger partial charge is 0.487 e. The Labute approximate surface area is 108 Å². The highest BCUT2D eigenvalue weighted by atomic mass is 79.9. The number of aliphatic hydroxyl groups excluding tert-OH is 1. The van der Waals surface area contributed by atoms with Crippen LogP contribution in [0.1, 0.15) is 11.3 Å². The van der Waals surface area contributed by atoms with Gasteiger partial charge in [0, 0.05) is 10.7 Å². The number of rotatable bonds is 4. The molecular weight excluding hydrogens is 282 g/mol. The van der Waals surface area contributed by atoms with Crippen molar-refractivity contribution < 1.29 is 9.84 Å². The zero-order valence-corrected chi connectivity index (χ0v) is 10.7. The summed E-state index contributed by atoms with van der Waals surface area (Å²) in [6, 6.07) is 11.2. The lowest BCUT2D eigenvalue weighted by molar-refractivity contribution is 0.280. The Bertz CT molecular complexity index is 468. The lowest BCUT2D eigenvalue weighted by Gasteiger charge is -2.06. The summed E-state index contributed by atoms with van der Waals surface area (Å²) in [7, 11) is 0. The lowest BCUT2D eigenvalue weighted by atomic mass is 10.2. The van der Waals surface area contributed by atoms with Gasteiger partial charge in [0.2, 0.25) is 0 Å². The van der Waals surface area contributed by atoms with E-state index in [0.29, 0.717) is 6.61 Å². The fourth-order valence-corrected chi connectivity index (χ4v) is 1.57. The lowest BCUT2D eigenvalue weighted by Crippen LogP contribution is -1.97. The average molecular weight is 294 g/mol. The number of pyridine rings is 1. The van der Waals surface area contributed by atoms with Crippen LogP contribution in [0.3, 0.4) is 0 Å². The summed E-state index contributed by atoms with van der Waals surface area (Å²) in [6.07, 6.45) is 1.74. The standard InChI is InChI=1S/C13H12BrNO2/c14-11-3-4-12(15-7-11)9-17-13-5-1-10(8-16)2-6-13/h1-7,16H,8-9H2. The first-order chi connectivity index (χ1) is 8.28. The van der Waals surface area contributed by atoms with Gasteiger partial charge in [-0.1, -0.05) is 12.1 Å². The number of aliphatic hydroxyl groups is 1. The molecule has 0 amide bonds. The molecule has 0 aliphatic rings. The van der Waals surface area contributed by atoms with Crippen molar-refractivity contribution in [3.8, 4) is 5.75 Å². The van der Waals surface area contributed by atoms with Crippen molar-refractivity contribution in [3.05, 3.63) is 58.3 Å². The maximum absolute atomic E-state index is 8.91. The van der Waals surface area contributed by atoms with Gasteiger partial charge in [0.1, 0.15) is 12.4 Å². The van der Waals surface area contributed by atoms with Gasteiger partial charge in [-0.15, -0.1) is 0 Å². The SMILES string of the molecule is OCc1ccc(OCc2ccc(Br)cn2)cc1. The number of hydrogen-bond acceptors (Lipinski definition) is 3. The van der Waals surface area contributed by atoms with Gasteiger partial charge in [0.05, 0.1) is 12.3 Å². The summed E-state index contributed by atoms with van der Waals surface area (Å²) >= 11 is 3.33. The van der Waals surface area contributed by atoms with Gasteiger partial charge in [-0.25, -0.2) is 0 Å². The van der Waals surface area contributed by atoms with Crippen LogP contribution >= 0.6 is 15.9 Å². The normalized spacial score (nSPS) is 10.2. The third-order valence-electron chi connectivity index (χ3n) is 2.28. The van der Waals surface area contributed by atoms with E-state index in [4.69, 9.17) is 9.84 Å². The van der Waals surface area contributed by atoms with Crippen molar-refractivity contribution >= 4 is 15.9 Å². The zero-order chi connectivity index (χ0) is 12.1. The van der Waals surface area contributed by atoms with E-state index in [1.165, 1.54) is 0 Å². The molecule has 3 nitrogen and oxygen atoms in total. The molecule has 88 valence electrons. The fourth-order valence-electron chi connectivity index (χ4n) is 1.34. The van der Waals surface area contributed by atoms with Crippen LogP contribution in [0, 0.1) is 0 Å². The van der Waals surface area contributed by atoms with Crippen molar-refractivity contribution in [2.45, 2.75) is 13.2 Å². The predicted molar refractivity (Wildman–Crippen MR) is 68.6 cm³/mol. The molecule has 2 aromatic rings. The second-order valence-electron chi connectivity index (χ2n) is 3.56. The van der Waals surface area contributed by atoms with Crippen LogP contribution in [-0.4, -0.2) is 10.1 Å². The highest BCUT2D eigenvalue weighted by Gasteiger charge is 1.97. The zero-order valence-electron chi connectivity index (χ0n) is 9.14. The first-order valence-electron chi connectivity index (χ1n) is 5.21. The van der Waals surface area contributed by atoms with E-state index >= 15 is 0 Å². The molecule has 1 N–H and O–H groups in total. The van der Waals surface area contributed by atoms with Gasteiger partial charge in [0.25, 0.3) is 0 Å². The quantitative estimate of drug-likeness (QED) is 0.942. The highest BCUT2D eigenvalue weighted by molar-refractivity contribution is 9.10. The molecule has 0 aliphatic carbocycles. The monoisotopic (exact) mass is 293 g/mol. The maximum Gasteiger partial charge on any atom is 0.130 e. The van der Waals surface area contributed by atoms with Gasteiger partial charge in [0.15, 0.2) is 0 Å². The topological polar surface area (TPSA) is 42.4 Å². The van der Waals surface area contributed by atoms with E-state index in [1.54, 1.807) is 6.20 Å². The summed E-state index contributed by atoms with van der Waals surface area (Å²) in [6.45, 7) is 0.486. The van der Waals surface area contributed by atoms with Crippen molar-refractivity contribution in [3.63, 3.8) is 0 Å². The van der Waals surface area contributed by atoms with E-state index < -0.39 is 0 Å². The Kier molecular flexibility index (Phi) is 4.12. The molecule has 17 heavy (non-hydrogen) atoms. The van der Waals surface area contributed by atoms with Crippen LogP contribution in [0.25, 0.3) is 0 Å². The third-order valence-corrected chi connectivity index (χ3v) is 2.75. The molecule has 2 rings (SSSR count). The Morgan fingerprint density at radius 3 is 2.47 bits per heavy atom. The summed E-state index contributed by atoms with van der Waals surface area (Å²) < 4.78 is 6.52. The Morgan fingerprint density at radius 1 is 1.12 bits per heavy atom. The summed E-state index contributed by atoms with van der Waals surface area (Å²) in [5.41, 5.74) is 1.75. The van der Waals surface area contributed by atoms with Crippen LogP contribution in [0.15, 0.2) is 47.1 Å². The van der Waals surface area contributed by atoms with Crippen molar-refractivity contribution in [2.75, 3.05) is 0 Å².